The van der Waals surface area contributed by atoms with E-state index >= 15 is 0 Å². The van der Waals surface area contributed by atoms with E-state index in [4.69, 9.17) is 4.79 Å². The van der Waals surface area contributed by atoms with Gasteiger partial charge in [-0.15, -0.1) is 0 Å². The average Bonchev–Trinajstić information content (AvgIpc) is 0.811. The van der Waals surface area contributed by atoms with Crippen molar-refractivity contribution in [1.29, 1.82) is 0 Å². The maximum atomic E-state index is 9.11. The van der Waals surface area contributed by atoms with Crippen LogP contribution in [0.4, 0.5) is 0 Å². The molecule has 0 radical (unpaired) electrons. The molecule has 0 aromatic heterocycles. The topological polar surface area (TPSA) is 43.1 Å². The van der Waals surface area contributed by atoms with Gasteiger partial charge in [-0.05, 0) is 0 Å². The maximum Gasteiger partial charge on any atom is 0.0770 e. The van der Waals surface area contributed by atoms with Crippen LogP contribution in [0.1, 0.15) is 0 Å². The fourth-order valence-electron chi connectivity index (χ4n) is 0. The van der Waals surface area contributed by atoms with Gasteiger partial charge in [-0.1, -0.05) is 0 Å². The summed E-state index contributed by atoms with van der Waals surface area (Å²) in [6.45, 7) is 2.78. The van der Waals surface area contributed by atoms with Gasteiger partial charge in [0.25, 0.3) is 0 Å². The summed E-state index contributed by atoms with van der Waals surface area (Å²) in [6.07, 6.45) is 0. The molecule has 0 atom stereocenters. The SMILES string of the molecule is [CH2-]C(N)=O.[W]. The molecule has 0 heterocycles. The smallest absolute Gasteiger partial charge is 0.0770 e. The van der Waals surface area contributed by atoms with Crippen LogP contribution < -0.4 is 5.73 Å². The Morgan fingerprint density at radius 3 is 1.80 bits per heavy atom. The molecule has 0 spiro atoms. The standard InChI is InChI=1S/C2H4NO.W/c1-2(3)4;/h1H2,(H2,3,4);/q-1;. The van der Waals surface area contributed by atoms with Crippen molar-refractivity contribution in [3.63, 3.8) is 0 Å². The first-order valence-electron chi connectivity index (χ1n) is 0.846. The van der Waals surface area contributed by atoms with Gasteiger partial charge in [0.15, 0.2) is 0 Å². The van der Waals surface area contributed by atoms with Crippen LogP contribution in [0.5, 0.6) is 0 Å². The number of nitrogens with two attached hydrogens (primary N) is 1. The quantitative estimate of drug-likeness (QED) is 0.561. The fraction of sp³-hybridized carbons (Fsp3) is 0. The van der Waals surface area contributed by atoms with Gasteiger partial charge < -0.3 is 17.5 Å². The van der Waals surface area contributed by atoms with Crippen molar-refractivity contribution in [2.24, 2.45) is 5.73 Å². The molecule has 0 saturated carbocycles. The van der Waals surface area contributed by atoms with Gasteiger partial charge in [-0.2, -0.15) is 0 Å². The normalized spacial score (nSPS) is 4.80. The van der Waals surface area contributed by atoms with Gasteiger partial charge in [0.2, 0.25) is 0 Å². The summed E-state index contributed by atoms with van der Waals surface area (Å²) < 4.78 is 0. The van der Waals surface area contributed by atoms with E-state index in [1.165, 1.54) is 0 Å². The molecule has 0 saturated heterocycles. The summed E-state index contributed by atoms with van der Waals surface area (Å²) in [7, 11) is 0. The van der Waals surface area contributed by atoms with Crippen LogP contribution in [0.15, 0.2) is 0 Å². The van der Waals surface area contributed by atoms with Gasteiger partial charge in [0, 0.05) is 21.1 Å². The summed E-state index contributed by atoms with van der Waals surface area (Å²) in [5.74, 6) is -0.583. The molecular formula is C2H4NOW-. The minimum absolute atomic E-state index is 0. The molecular weight excluding hydrogens is 238 g/mol. The molecule has 0 aliphatic carbocycles. The molecule has 30 valence electrons. The second kappa shape index (κ2) is 4.03. The minimum Gasteiger partial charge on any atom is -0.395 e. The molecule has 3 heteroatoms. The summed E-state index contributed by atoms with van der Waals surface area (Å²) in [5, 5.41) is 0. The Labute approximate surface area is 45.0 Å². The van der Waals surface area contributed by atoms with Crippen LogP contribution >= 0.6 is 0 Å². The van der Waals surface area contributed by atoms with E-state index in [0.29, 0.717) is 0 Å². The number of hydrogen-bond donors (Lipinski definition) is 1. The number of carbonyl (C=O) groups excluding carboxylic acids is 1. The Kier molecular flexibility index (Phi) is 7.17. The summed E-state index contributed by atoms with van der Waals surface area (Å²) in [5.41, 5.74) is 4.36. The molecule has 0 aromatic carbocycles. The number of amides is 1. The molecule has 0 unspecified atom stereocenters. The van der Waals surface area contributed by atoms with Gasteiger partial charge in [0.05, 0.1) is 5.91 Å². The van der Waals surface area contributed by atoms with Crippen LogP contribution in [-0.4, -0.2) is 5.91 Å². The van der Waals surface area contributed by atoms with Crippen molar-refractivity contribution in [1.82, 2.24) is 0 Å². The Morgan fingerprint density at radius 1 is 1.80 bits per heavy atom. The van der Waals surface area contributed by atoms with Gasteiger partial charge in [-0.25, -0.2) is 0 Å². The van der Waals surface area contributed by atoms with Crippen LogP contribution in [0.2, 0.25) is 0 Å². The van der Waals surface area contributed by atoms with E-state index in [9.17, 15) is 0 Å². The first-order valence-corrected chi connectivity index (χ1v) is 0.846. The van der Waals surface area contributed by atoms with Crippen molar-refractivity contribution in [2.45, 2.75) is 0 Å². The van der Waals surface area contributed by atoms with E-state index < -0.39 is 5.91 Å². The molecule has 0 fully saturated rings. The van der Waals surface area contributed by atoms with Crippen LogP contribution in [0.25, 0.3) is 0 Å². The predicted molar refractivity (Wildman–Crippen MR) is 14.6 cm³/mol. The van der Waals surface area contributed by atoms with Gasteiger partial charge >= 0.3 is 0 Å². The molecule has 0 aliphatic heterocycles. The number of rotatable bonds is 0. The predicted octanol–water partition coefficient (Wildman–Crippen LogP) is -0.697. The Bertz CT molecular complexity index is 32.6. The van der Waals surface area contributed by atoms with Gasteiger partial charge in [-0.3, -0.25) is 0 Å². The van der Waals surface area contributed by atoms with Crippen molar-refractivity contribution < 1.29 is 25.9 Å². The summed E-state index contributed by atoms with van der Waals surface area (Å²) >= 11 is 0. The van der Waals surface area contributed by atoms with Crippen molar-refractivity contribution in [3.8, 4) is 0 Å². The Hall–Kier alpha value is 0.0283. The zero-order valence-electron chi connectivity index (χ0n) is 2.60. The number of primary amides is 1. The van der Waals surface area contributed by atoms with E-state index in [1.54, 1.807) is 0 Å². The average molecular weight is 242 g/mol. The monoisotopic (exact) mass is 242 g/mol. The molecule has 2 nitrogen and oxygen atoms in total. The third kappa shape index (κ3) is 20700. The zero-order chi connectivity index (χ0) is 3.58. The largest absolute Gasteiger partial charge is 0.395 e. The maximum absolute atomic E-state index is 9.11. The molecule has 0 rings (SSSR count). The van der Waals surface area contributed by atoms with Crippen LogP contribution in [-0.2, 0) is 25.9 Å². The second-order valence-corrected chi connectivity index (χ2v) is 0.466. The van der Waals surface area contributed by atoms with Crippen molar-refractivity contribution in [3.05, 3.63) is 6.92 Å². The van der Waals surface area contributed by atoms with E-state index in [0.717, 1.165) is 0 Å². The number of carbonyl (C=O) groups is 1. The van der Waals surface area contributed by atoms with Crippen molar-refractivity contribution in [2.75, 3.05) is 0 Å². The van der Waals surface area contributed by atoms with E-state index in [2.05, 4.69) is 12.7 Å². The molecule has 0 bridgehead atoms. The van der Waals surface area contributed by atoms with Crippen LogP contribution in [0.3, 0.4) is 0 Å². The first kappa shape index (κ1) is 8.90. The van der Waals surface area contributed by atoms with Gasteiger partial charge in [0.1, 0.15) is 0 Å². The molecule has 5 heavy (non-hydrogen) atoms. The van der Waals surface area contributed by atoms with E-state index in [1.807, 2.05) is 0 Å². The Balaban J connectivity index is 0. The summed E-state index contributed by atoms with van der Waals surface area (Å²) in [6, 6.07) is 0. The fourth-order valence-corrected chi connectivity index (χ4v) is 0. The Morgan fingerprint density at radius 2 is 1.80 bits per heavy atom. The first-order chi connectivity index (χ1) is 1.73. The third-order valence-corrected chi connectivity index (χ3v) is 0. The molecule has 1 amide bonds. The molecule has 0 aliphatic rings. The van der Waals surface area contributed by atoms with E-state index in [-0.39, 0.29) is 21.1 Å². The third-order valence-electron chi connectivity index (χ3n) is 0. The number of hydrogen-bond acceptors (Lipinski definition) is 1. The molecule has 0 aromatic rings. The second-order valence-electron chi connectivity index (χ2n) is 0.466. The van der Waals surface area contributed by atoms with Crippen molar-refractivity contribution >= 4 is 5.91 Å². The molecule has 2 N–H and O–H groups in total. The zero-order valence-corrected chi connectivity index (χ0v) is 5.53. The van der Waals surface area contributed by atoms with Crippen LogP contribution in [0, 0.1) is 6.92 Å². The minimum atomic E-state index is -0.583. The summed E-state index contributed by atoms with van der Waals surface area (Å²) in [4.78, 5) is 9.11.